The van der Waals surface area contributed by atoms with Gasteiger partial charge in [0, 0.05) is 29.3 Å². The molecule has 0 amide bonds. The molecule has 0 saturated carbocycles. The highest BCUT2D eigenvalue weighted by atomic mass is 16.7. The van der Waals surface area contributed by atoms with Crippen LogP contribution < -0.4 is 14.8 Å². The third-order valence-corrected chi connectivity index (χ3v) is 6.93. The summed E-state index contributed by atoms with van der Waals surface area (Å²) in [5, 5.41) is 3.40. The summed E-state index contributed by atoms with van der Waals surface area (Å²) >= 11 is 0. The molecule has 0 saturated heterocycles. The smallest absolute Gasteiger partial charge is 0.337 e. The monoisotopic (exact) mass is 459 g/mol. The molecule has 5 rings (SSSR count). The van der Waals surface area contributed by atoms with E-state index < -0.39 is 11.9 Å². The molecule has 6 heteroatoms. The first kappa shape index (κ1) is 22.3. The first-order valence-electron chi connectivity index (χ1n) is 11.9. The van der Waals surface area contributed by atoms with Gasteiger partial charge in [0.1, 0.15) is 0 Å². The van der Waals surface area contributed by atoms with Gasteiger partial charge < -0.3 is 19.5 Å². The van der Waals surface area contributed by atoms with Crippen LogP contribution in [-0.2, 0) is 14.3 Å². The van der Waals surface area contributed by atoms with Crippen LogP contribution in [0.25, 0.3) is 0 Å². The molecule has 3 atom stereocenters. The molecule has 0 bridgehead atoms. The minimum absolute atomic E-state index is 0.0478. The van der Waals surface area contributed by atoms with E-state index in [2.05, 4.69) is 17.4 Å². The van der Waals surface area contributed by atoms with Gasteiger partial charge in [-0.25, -0.2) is 4.79 Å². The zero-order valence-electron chi connectivity index (χ0n) is 19.7. The summed E-state index contributed by atoms with van der Waals surface area (Å²) in [6.45, 7) is 5.89. The van der Waals surface area contributed by atoms with Crippen LogP contribution in [0.3, 0.4) is 0 Å². The molecule has 176 valence electrons. The lowest BCUT2D eigenvalue weighted by Gasteiger charge is -2.37. The van der Waals surface area contributed by atoms with Crippen molar-refractivity contribution in [2.24, 2.45) is 0 Å². The fourth-order valence-electron chi connectivity index (χ4n) is 5.03. The van der Waals surface area contributed by atoms with Crippen LogP contribution in [0.2, 0.25) is 0 Å². The quantitative estimate of drug-likeness (QED) is 0.626. The second-order valence-electron chi connectivity index (χ2n) is 9.16. The molecule has 0 spiro atoms. The number of ketones is 1. The number of allylic oxidation sites excluding steroid dienone is 3. The average Bonchev–Trinajstić information content (AvgIpc) is 3.31. The van der Waals surface area contributed by atoms with Gasteiger partial charge in [0.15, 0.2) is 17.3 Å². The summed E-state index contributed by atoms with van der Waals surface area (Å²) in [6, 6.07) is 15.8. The van der Waals surface area contributed by atoms with Gasteiger partial charge in [-0.2, -0.15) is 0 Å². The van der Waals surface area contributed by atoms with Gasteiger partial charge in [0.2, 0.25) is 6.79 Å². The van der Waals surface area contributed by atoms with E-state index in [-0.39, 0.29) is 24.6 Å². The molecule has 34 heavy (non-hydrogen) atoms. The lowest BCUT2D eigenvalue weighted by atomic mass is 9.71. The van der Waals surface area contributed by atoms with Crippen molar-refractivity contribution in [3.8, 4) is 11.5 Å². The number of benzene rings is 2. The predicted octanol–water partition coefficient (Wildman–Crippen LogP) is 5.12. The molecule has 0 fully saturated rings. The Hall–Kier alpha value is -3.54. The van der Waals surface area contributed by atoms with Crippen LogP contribution in [0.5, 0.6) is 11.5 Å². The third kappa shape index (κ3) is 3.98. The number of fused-ring (bicyclic) bond motifs is 1. The molecule has 2 aliphatic heterocycles. The summed E-state index contributed by atoms with van der Waals surface area (Å²) in [7, 11) is 0. The molecule has 6 nitrogen and oxygen atoms in total. The number of ether oxygens (including phenoxy) is 3. The normalized spacial score (nSPS) is 22.3. The molecule has 3 aliphatic rings. The maximum atomic E-state index is 13.7. The number of dihydropyridines is 1. The number of Topliss-reactive ketones (excluding diaryl/α,β-unsaturated/α-hetero) is 1. The SMILES string of the molecule is CC[C@@H](C)OC(=O)C1=C(C)NC2=C(C(=O)C[C@H](c3ccccc3)C2)[C@@H]1c1ccc2c(c1)OCO2. The second kappa shape index (κ2) is 9.01. The maximum absolute atomic E-state index is 13.7. The van der Waals surface area contributed by atoms with E-state index in [1.807, 2.05) is 57.2 Å². The Morgan fingerprint density at radius 1 is 1.09 bits per heavy atom. The van der Waals surface area contributed by atoms with Crippen molar-refractivity contribution < 1.29 is 23.8 Å². The van der Waals surface area contributed by atoms with Crippen molar-refractivity contribution >= 4 is 11.8 Å². The number of esters is 1. The topological polar surface area (TPSA) is 73.9 Å². The summed E-state index contributed by atoms with van der Waals surface area (Å²) in [6.07, 6.45) is 1.60. The van der Waals surface area contributed by atoms with Crippen LogP contribution in [0, 0.1) is 0 Å². The molecular weight excluding hydrogens is 430 g/mol. The molecule has 2 aromatic carbocycles. The van der Waals surface area contributed by atoms with Crippen molar-refractivity contribution in [3.63, 3.8) is 0 Å². The second-order valence-corrected chi connectivity index (χ2v) is 9.16. The highest BCUT2D eigenvalue weighted by molar-refractivity contribution is 6.04. The van der Waals surface area contributed by atoms with E-state index in [4.69, 9.17) is 14.2 Å². The van der Waals surface area contributed by atoms with Gasteiger partial charge in [0.25, 0.3) is 0 Å². The largest absolute Gasteiger partial charge is 0.459 e. The van der Waals surface area contributed by atoms with Crippen LogP contribution in [0.1, 0.15) is 63.0 Å². The minimum atomic E-state index is -0.522. The highest BCUT2D eigenvalue weighted by Crippen LogP contribution is 2.47. The maximum Gasteiger partial charge on any atom is 0.337 e. The average molecular weight is 460 g/mol. The van der Waals surface area contributed by atoms with E-state index >= 15 is 0 Å². The number of hydrogen-bond donors (Lipinski definition) is 1. The van der Waals surface area contributed by atoms with Gasteiger partial charge in [-0.05, 0) is 55.9 Å². The standard InChI is InChI=1S/C28H29NO5/c1-4-16(2)34-28(31)25-17(3)29-21-12-20(18-8-6-5-7-9-18)13-22(30)27(21)26(25)19-10-11-23-24(14-19)33-15-32-23/h5-11,14,16,20,26,29H,4,12-13,15H2,1-3H3/t16-,20-,26-/m1/s1. The molecule has 0 unspecified atom stereocenters. The van der Waals surface area contributed by atoms with E-state index in [1.54, 1.807) is 0 Å². The molecule has 0 radical (unpaired) electrons. The summed E-state index contributed by atoms with van der Waals surface area (Å²) in [5.74, 6) is 0.509. The third-order valence-electron chi connectivity index (χ3n) is 6.93. The lowest BCUT2D eigenvalue weighted by molar-refractivity contribution is -0.144. The summed E-state index contributed by atoms with van der Waals surface area (Å²) in [5.41, 5.74) is 4.69. The summed E-state index contributed by atoms with van der Waals surface area (Å²) in [4.78, 5) is 27.0. The predicted molar refractivity (Wildman–Crippen MR) is 127 cm³/mol. The Morgan fingerprint density at radius 3 is 2.62 bits per heavy atom. The molecule has 1 N–H and O–H groups in total. The Bertz CT molecular complexity index is 1200. The van der Waals surface area contributed by atoms with Crippen LogP contribution in [-0.4, -0.2) is 24.6 Å². The number of rotatable bonds is 5. The molecule has 2 heterocycles. The fourth-order valence-corrected chi connectivity index (χ4v) is 5.03. The zero-order chi connectivity index (χ0) is 23.8. The number of carbonyl (C=O) groups excluding carboxylic acids is 2. The van der Waals surface area contributed by atoms with Gasteiger partial charge in [-0.15, -0.1) is 0 Å². The first-order valence-corrected chi connectivity index (χ1v) is 11.9. The van der Waals surface area contributed by atoms with E-state index in [1.165, 1.54) is 0 Å². The van der Waals surface area contributed by atoms with Crippen molar-refractivity contribution in [2.75, 3.05) is 6.79 Å². The van der Waals surface area contributed by atoms with Crippen molar-refractivity contribution in [3.05, 3.63) is 82.2 Å². The van der Waals surface area contributed by atoms with Crippen molar-refractivity contribution in [1.29, 1.82) is 0 Å². The number of hydrogen-bond acceptors (Lipinski definition) is 6. The fraction of sp³-hybridized carbons (Fsp3) is 0.357. The van der Waals surface area contributed by atoms with E-state index in [9.17, 15) is 9.59 Å². The van der Waals surface area contributed by atoms with Crippen molar-refractivity contribution in [2.45, 2.75) is 58.0 Å². The molecule has 1 aliphatic carbocycles. The van der Waals surface area contributed by atoms with Gasteiger partial charge >= 0.3 is 5.97 Å². The molecule has 0 aromatic heterocycles. The van der Waals surface area contributed by atoms with Gasteiger partial charge in [-0.3, -0.25) is 4.79 Å². The minimum Gasteiger partial charge on any atom is -0.459 e. The number of carbonyl (C=O) groups is 2. The summed E-state index contributed by atoms with van der Waals surface area (Å²) < 4.78 is 16.8. The first-order chi connectivity index (χ1) is 16.5. The number of nitrogens with one attached hydrogen (secondary N) is 1. The molecule has 2 aromatic rings. The Kier molecular flexibility index (Phi) is 5.90. The zero-order valence-corrected chi connectivity index (χ0v) is 19.7. The Morgan fingerprint density at radius 2 is 1.85 bits per heavy atom. The van der Waals surface area contributed by atoms with Crippen LogP contribution in [0.4, 0.5) is 0 Å². The van der Waals surface area contributed by atoms with Gasteiger partial charge in [0.05, 0.1) is 11.7 Å². The van der Waals surface area contributed by atoms with Gasteiger partial charge in [-0.1, -0.05) is 43.3 Å². The lowest BCUT2D eigenvalue weighted by Crippen LogP contribution is -2.36. The molecular formula is C28H29NO5. The van der Waals surface area contributed by atoms with Crippen LogP contribution in [0.15, 0.2) is 71.1 Å². The van der Waals surface area contributed by atoms with Crippen LogP contribution >= 0.6 is 0 Å². The van der Waals surface area contributed by atoms with Crippen molar-refractivity contribution in [1.82, 2.24) is 5.32 Å². The Labute approximate surface area is 199 Å². The Balaban J connectivity index is 1.59. The van der Waals surface area contributed by atoms with E-state index in [0.29, 0.717) is 41.9 Å². The highest BCUT2D eigenvalue weighted by Gasteiger charge is 2.42. The van der Waals surface area contributed by atoms with E-state index in [0.717, 1.165) is 22.5 Å².